The second-order valence-corrected chi connectivity index (χ2v) is 6.01. The van der Waals surface area contributed by atoms with Crippen LogP contribution in [0.3, 0.4) is 0 Å². The highest BCUT2D eigenvalue weighted by Gasteiger charge is 2.26. The van der Waals surface area contributed by atoms with Gasteiger partial charge in [0.1, 0.15) is 11.5 Å². The minimum absolute atomic E-state index is 0.191. The van der Waals surface area contributed by atoms with Gasteiger partial charge >= 0.3 is 0 Å². The molecule has 6 nitrogen and oxygen atoms in total. The summed E-state index contributed by atoms with van der Waals surface area (Å²) in [4.78, 5) is 9.19. The lowest BCUT2D eigenvalue weighted by molar-refractivity contribution is 0.0673. The van der Waals surface area contributed by atoms with Crippen molar-refractivity contribution in [2.24, 2.45) is 10.7 Å². The number of aliphatic imine (C=N–C) groups is 1. The number of nitrogens with zero attached hydrogens (tertiary/aromatic N) is 3. The number of morpholine rings is 1. The lowest BCUT2D eigenvalue weighted by atomic mass is 10.2. The number of nitrogens with two attached hydrogens (primary N) is 1. The van der Waals surface area contributed by atoms with Crippen molar-refractivity contribution in [2.75, 3.05) is 45.9 Å². The van der Waals surface area contributed by atoms with Crippen LogP contribution in [0.25, 0.3) is 0 Å². The van der Waals surface area contributed by atoms with E-state index in [-0.39, 0.29) is 6.04 Å². The summed E-state index contributed by atoms with van der Waals surface area (Å²) in [5.74, 6) is 2.57. The molecular formula is C16H26N4O2. The third-order valence-corrected chi connectivity index (χ3v) is 4.43. The smallest absolute Gasteiger partial charge is 0.191 e. The van der Waals surface area contributed by atoms with Crippen molar-refractivity contribution in [3.63, 3.8) is 0 Å². The molecule has 1 aromatic heterocycles. The first kappa shape index (κ1) is 15.4. The maximum Gasteiger partial charge on any atom is 0.191 e. The maximum atomic E-state index is 6.15. The van der Waals surface area contributed by atoms with Crippen LogP contribution in [0.2, 0.25) is 0 Å². The monoisotopic (exact) mass is 306 g/mol. The number of rotatable bonds is 4. The first-order valence-corrected chi connectivity index (χ1v) is 8.17. The largest absolute Gasteiger partial charge is 0.465 e. The summed E-state index contributed by atoms with van der Waals surface area (Å²) in [6.45, 7) is 7.94. The molecule has 0 spiro atoms. The van der Waals surface area contributed by atoms with E-state index in [0.717, 1.165) is 50.9 Å². The average molecular weight is 306 g/mol. The number of hydrogen-bond donors (Lipinski definition) is 1. The standard InChI is InChI=1S/C16H26N4O2/c1-13-4-5-15(22-13)14(19-6-2-3-7-19)12-18-16(17)20-8-10-21-11-9-20/h4-5,14H,2-3,6-12H2,1H3,(H2,17,18). The molecule has 22 heavy (non-hydrogen) atoms. The van der Waals surface area contributed by atoms with Crippen molar-refractivity contribution in [3.05, 3.63) is 23.7 Å². The zero-order valence-electron chi connectivity index (χ0n) is 13.3. The molecule has 122 valence electrons. The number of likely N-dealkylation sites (tertiary alicyclic amines) is 1. The fourth-order valence-corrected chi connectivity index (χ4v) is 3.14. The Morgan fingerprint density at radius 2 is 1.95 bits per heavy atom. The first-order valence-electron chi connectivity index (χ1n) is 8.17. The van der Waals surface area contributed by atoms with Gasteiger partial charge in [-0.15, -0.1) is 0 Å². The third kappa shape index (κ3) is 3.62. The topological polar surface area (TPSA) is 67.2 Å². The first-order chi connectivity index (χ1) is 10.7. The highest BCUT2D eigenvalue weighted by Crippen LogP contribution is 2.27. The molecule has 1 unspecified atom stereocenters. The molecule has 1 aromatic rings. The molecule has 0 aliphatic carbocycles. The van der Waals surface area contributed by atoms with Gasteiger partial charge in [-0.25, -0.2) is 0 Å². The van der Waals surface area contributed by atoms with E-state index in [9.17, 15) is 0 Å². The number of furan rings is 1. The van der Waals surface area contributed by atoms with Crippen LogP contribution >= 0.6 is 0 Å². The van der Waals surface area contributed by atoms with Gasteiger partial charge in [0.2, 0.25) is 0 Å². The summed E-state index contributed by atoms with van der Waals surface area (Å²) < 4.78 is 11.2. The molecule has 0 aromatic carbocycles. The van der Waals surface area contributed by atoms with Crippen molar-refractivity contribution in [1.29, 1.82) is 0 Å². The second-order valence-electron chi connectivity index (χ2n) is 6.01. The minimum atomic E-state index is 0.191. The molecule has 0 saturated carbocycles. The summed E-state index contributed by atoms with van der Waals surface area (Å²) in [6.07, 6.45) is 2.50. The van der Waals surface area contributed by atoms with Gasteiger partial charge in [-0.3, -0.25) is 9.89 Å². The fourth-order valence-electron chi connectivity index (χ4n) is 3.14. The van der Waals surface area contributed by atoms with E-state index >= 15 is 0 Å². The predicted molar refractivity (Wildman–Crippen MR) is 85.9 cm³/mol. The fraction of sp³-hybridized carbons (Fsp3) is 0.688. The zero-order chi connectivity index (χ0) is 15.4. The van der Waals surface area contributed by atoms with Gasteiger partial charge in [0.05, 0.1) is 25.8 Å². The van der Waals surface area contributed by atoms with Crippen LogP contribution in [0.1, 0.15) is 30.4 Å². The number of hydrogen-bond acceptors (Lipinski definition) is 4. The Hall–Kier alpha value is -1.53. The van der Waals surface area contributed by atoms with Gasteiger partial charge in [-0.1, -0.05) is 0 Å². The van der Waals surface area contributed by atoms with E-state index < -0.39 is 0 Å². The molecule has 2 fully saturated rings. The highest BCUT2D eigenvalue weighted by molar-refractivity contribution is 5.78. The molecule has 1 atom stereocenters. The Bertz CT molecular complexity index is 502. The van der Waals surface area contributed by atoms with E-state index in [1.165, 1.54) is 12.8 Å². The molecule has 0 radical (unpaired) electrons. The molecule has 2 saturated heterocycles. The van der Waals surface area contributed by atoms with E-state index in [1.807, 2.05) is 13.0 Å². The maximum absolute atomic E-state index is 6.15. The molecule has 0 bridgehead atoms. The van der Waals surface area contributed by atoms with Crippen LogP contribution in [0.4, 0.5) is 0 Å². The van der Waals surface area contributed by atoms with Crippen LogP contribution in [-0.4, -0.2) is 61.7 Å². The van der Waals surface area contributed by atoms with Gasteiger partial charge in [0, 0.05) is 13.1 Å². The number of guanidine groups is 1. The number of ether oxygens (including phenoxy) is 1. The number of aryl methyl sites for hydroxylation is 1. The van der Waals surface area contributed by atoms with Crippen LogP contribution < -0.4 is 5.73 Å². The summed E-state index contributed by atoms with van der Waals surface area (Å²) in [6, 6.07) is 4.28. The van der Waals surface area contributed by atoms with Gasteiger partial charge in [0.25, 0.3) is 0 Å². The average Bonchev–Trinajstić information content (AvgIpc) is 3.21. The SMILES string of the molecule is Cc1ccc(C(CN=C(N)N2CCOCC2)N2CCCC2)o1. The van der Waals surface area contributed by atoms with Crippen molar-refractivity contribution >= 4 is 5.96 Å². The molecule has 6 heteroatoms. The lowest BCUT2D eigenvalue weighted by Crippen LogP contribution is -2.45. The van der Waals surface area contributed by atoms with Crippen molar-refractivity contribution < 1.29 is 9.15 Å². The summed E-state index contributed by atoms with van der Waals surface area (Å²) in [5, 5.41) is 0. The van der Waals surface area contributed by atoms with E-state index in [0.29, 0.717) is 12.5 Å². The quantitative estimate of drug-likeness (QED) is 0.672. The van der Waals surface area contributed by atoms with E-state index in [1.54, 1.807) is 0 Å². The van der Waals surface area contributed by atoms with Crippen molar-refractivity contribution in [1.82, 2.24) is 9.80 Å². The van der Waals surface area contributed by atoms with Crippen molar-refractivity contribution in [2.45, 2.75) is 25.8 Å². The van der Waals surface area contributed by atoms with Crippen LogP contribution in [0.5, 0.6) is 0 Å². The minimum Gasteiger partial charge on any atom is -0.465 e. The molecule has 0 amide bonds. The van der Waals surface area contributed by atoms with Crippen LogP contribution in [-0.2, 0) is 4.74 Å². The third-order valence-electron chi connectivity index (χ3n) is 4.43. The Kier molecular flexibility index (Phi) is 5.00. The Morgan fingerprint density at radius 1 is 1.23 bits per heavy atom. The van der Waals surface area contributed by atoms with Gasteiger partial charge in [0.15, 0.2) is 5.96 Å². The Labute approximate surface area is 131 Å². The molecule has 2 aliphatic rings. The Morgan fingerprint density at radius 3 is 2.59 bits per heavy atom. The summed E-state index contributed by atoms with van der Waals surface area (Å²) in [7, 11) is 0. The normalized spacial score (nSPS) is 22.2. The van der Waals surface area contributed by atoms with Gasteiger partial charge in [-0.2, -0.15) is 0 Å². The van der Waals surface area contributed by atoms with E-state index in [2.05, 4.69) is 20.9 Å². The predicted octanol–water partition coefficient (Wildman–Crippen LogP) is 1.37. The van der Waals surface area contributed by atoms with Crippen molar-refractivity contribution in [3.8, 4) is 0 Å². The van der Waals surface area contributed by atoms with Gasteiger partial charge < -0.3 is 19.8 Å². The summed E-state index contributed by atoms with van der Waals surface area (Å²) in [5.41, 5.74) is 6.15. The molecule has 2 N–H and O–H groups in total. The summed E-state index contributed by atoms with van der Waals surface area (Å²) >= 11 is 0. The highest BCUT2D eigenvalue weighted by atomic mass is 16.5. The molecule has 2 aliphatic heterocycles. The molecular weight excluding hydrogens is 280 g/mol. The second kappa shape index (κ2) is 7.15. The Balaban J connectivity index is 1.69. The zero-order valence-corrected chi connectivity index (χ0v) is 13.3. The van der Waals surface area contributed by atoms with Gasteiger partial charge in [-0.05, 0) is 45.0 Å². The molecule has 3 heterocycles. The lowest BCUT2D eigenvalue weighted by Gasteiger charge is -2.29. The van der Waals surface area contributed by atoms with Crippen LogP contribution in [0.15, 0.2) is 21.5 Å². The molecule has 3 rings (SSSR count). The van der Waals surface area contributed by atoms with Crippen LogP contribution in [0, 0.1) is 6.92 Å². The van der Waals surface area contributed by atoms with E-state index in [4.69, 9.17) is 14.9 Å².